The van der Waals surface area contributed by atoms with Crippen molar-refractivity contribution in [2.24, 2.45) is 7.05 Å². The van der Waals surface area contributed by atoms with Gasteiger partial charge in [0.05, 0.1) is 25.1 Å². The number of nitrogens with zero attached hydrogens (tertiary/aromatic N) is 8. The zero-order chi connectivity index (χ0) is 25.1. The highest BCUT2D eigenvalue weighted by atomic mass is 16.5. The van der Waals surface area contributed by atoms with Gasteiger partial charge in [0.1, 0.15) is 22.9 Å². The Balaban J connectivity index is 1.46. The zero-order valence-electron chi connectivity index (χ0n) is 21.0. The summed E-state index contributed by atoms with van der Waals surface area (Å²) < 4.78 is 16.1. The van der Waals surface area contributed by atoms with Crippen LogP contribution in [0, 0.1) is 0 Å². The summed E-state index contributed by atoms with van der Waals surface area (Å²) in [6, 6.07) is 3.70. The fourth-order valence-electron chi connectivity index (χ4n) is 4.03. The van der Waals surface area contributed by atoms with E-state index in [2.05, 4.69) is 49.5 Å². The number of hydrogen-bond acceptors (Lipinski definition) is 9. The smallest absolute Gasteiger partial charge is 0.222 e. The van der Waals surface area contributed by atoms with Crippen LogP contribution in [0.2, 0.25) is 0 Å². The molecule has 1 aliphatic heterocycles. The summed E-state index contributed by atoms with van der Waals surface area (Å²) in [6.45, 7) is 4.35. The van der Waals surface area contributed by atoms with Gasteiger partial charge in [0.25, 0.3) is 0 Å². The lowest BCUT2D eigenvalue weighted by Crippen LogP contribution is -2.17. The Morgan fingerprint density at radius 2 is 2.00 bits per heavy atom. The molecule has 11 heteroatoms. The van der Waals surface area contributed by atoms with E-state index in [-0.39, 0.29) is 6.10 Å². The van der Waals surface area contributed by atoms with Crippen LogP contribution >= 0.6 is 0 Å². The molecule has 4 aromatic rings. The van der Waals surface area contributed by atoms with Crippen molar-refractivity contribution >= 4 is 11.6 Å². The maximum atomic E-state index is 6.40. The van der Waals surface area contributed by atoms with Crippen LogP contribution in [0.3, 0.4) is 0 Å². The van der Waals surface area contributed by atoms with Gasteiger partial charge in [-0.3, -0.25) is 4.68 Å². The summed E-state index contributed by atoms with van der Waals surface area (Å²) >= 11 is 0. The highest BCUT2D eigenvalue weighted by Gasteiger charge is 2.19. The summed E-state index contributed by atoms with van der Waals surface area (Å²) in [4.78, 5) is 15.9. The lowest BCUT2D eigenvalue weighted by Gasteiger charge is -2.19. The number of hydrogen-bond donors (Lipinski definition) is 1. The van der Waals surface area contributed by atoms with Gasteiger partial charge in [-0.05, 0) is 40.1 Å². The van der Waals surface area contributed by atoms with E-state index in [4.69, 9.17) is 9.47 Å². The fraction of sp³-hybridized carbons (Fsp3) is 0.400. The average Bonchev–Trinajstić information content (AvgIpc) is 3.46. The van der Waals surface area contributed by atoms with Crippen molar-refractivity contribution in [1.82, 2.24) is 39.4 Å². The molecule has 188 valence electrons. The molecule has 0 saturated carbocycles. The maximum Gasteiger partial charge on any atom is 0.222 e. The van der Waals surface area contributed by atoms with E-state index in [1.165, 1.54) is 0 Å². The highest BCUT2D eigenvalue weighted by Crippen LogP contribution is 2.34. The highest BCUT2D eigenvalue weighted by molar-refractivity contribution is 5.71. The van der Waals surface area contributed by atoms with Crippen LogP contribution in [0.5, 0.6) is 11.6 Å². The molecule has 1 N–H and O–H groups in total. The van der Waals surface area contributed by atoms with Gasteiger partial charge in [-0.15, -0.1) is 0 Å². The van der Waals surface area contributed by atoms with E-state index in [1.807, 2.05) is 43.3 Å². The van der Waals surface area contributed by atoms with E-state index in [0.717, 1.165) is 42.0 Å². The molecule has 1 aliphatic rings. The average molecular weight is 490 g/mol. The molecular formula is C25H31N9O2. The van der Waals surface area contributed by atoms with E-state index >= 15 is 0 Å². The second kappa shape index (κ2) is 10.3. The Hall–Kier alpha value is -3.99. The van der Waals surface area contributed by atoms with Crippen LogP contribution in [0.15, 0.2) is 43.1 Å². The van der Waals surface area contributed by atoms with Crippen molar-refractivity contribution < 1.29 is 9.47 Å². The summed E-state index contributed by atoms with van der Waals surface area (Å²) in [7, 11) is 5.99. The molecule has 0 saturated heterocycles. The number of nitrogens with one attached hydrogen (secondary N) is 1. The minimum Gasteiger partial charge on any atom is -0.490 e. The number of fused-ring (bicyclic) bond motifs is 6. The van der Waals surface area contributed by atoms with Gasteiger partial charge < -0.3 is 19.7 Å². The normalized spacial score (nSPS) is 15.4. The first kappa shape index (κ1) is 23.7. The second-order valence-corrected chi connectivity index (χ2v) is 9.16. The van der Waals surface area contributed by atoms with Gasteiger partial charge in [-0.2, -0.15) is 10.2 Å². The summed E-state index contributed by atoms with van der Waals surface area (Å²) in [5, 5.41) is 12.2. The molecule has 0 radical (unpaired) electrons. The summed E-state index contributed by atoms with van der Waals surface area (Å²) in [6.07, 6.45) is 10.7. The Labute approximate surface area is 210 Å². The number of ether oxygens (including phenoxy) is 2. The first-order chi connectivity index (χ1) is 17.5. The summed E-state index contributed by atoms with van der Waals surface area (Å²) in [5.74, 6) is 3.11. The molecule has 0 aromatic carbocycles. The molecule has 0 amide bonds. The fourth-order valence-corrected chi connectivity index (χ4v) is 4.03. The molecule has 1 atom stereocenters. The number of anilines is 2. The van der Waals surface area contributed by atoms with Crippen molar-refractivity contribution in [1.29, 1.82) is 0 Å². The van der Waals surface area contributed by atoms with Gasteiger partial charge in [-0.25, -0.2) is 19.6 Å². The molecule has 4 bridgehead atoms. The van der Waals surface area contributed by atoms with Crippen LogP contribution in [0.4, 0.5) is 11.6 Å². The minimum atomic E-state index is -0.0946. The van der Waals surface area contributed by atoms with E-state index in [9.17, 15) is 0 Å². The van der Waals surface area contributed by atoms with E-state index in [1.54, 1.807) is 23.1 Å². The molecule has 36 heavy (non-hydrogen) atoms. The van der Waals surface area contributed by atoms with Crippen LogP contribution in [-0.2, 0) is 13.6 Å². The lowest BCUT2D eigenvalue weighted by atomic mass is 10.1. The monoisotopic (exact) mass is 489 g/mol. The lowest BCUT2D eigenvalue weighted by molar-refractivity contribution is 0.173. The molecule has 4 aromatic heterocycles. The van der Waals surface area contributed by atoms with Crippen LogP contribution in [0.1, 0.15) is 19.8 Å². The van der Waals surface area contributed by atoms with Crippen molar-refractivity contribution in [2.45, 2.75) is 32.4 Å². The van der Waals surface area contributed by atoms with Gasteiger partial charge >= 0.3 is 0 Å². The second-order valence-electron chi connectivity index (χ2n) is 9.16. The van der Waals surface area contributed by atoms with Crippen molar-refractivity contribution in [3.05, 3.63) is 43.1 Å². The molecule has 0 aliphatic carbocycles. The maximum absolute atomic E-state index is 6.40. The van der Waals surface area contributed by atoms with E-state index in [0.29, 0.717) is 36.4 Å². The van der Waals surface area contributed by atoms with Gasteiger partial charge in [0.2, 0.25) is 5.88 Å². The van der Waals surface area contributed by atoms with Gasteiger partial charge in [0, 0.05) is 55.8 Å². The Morgan fingerprint density at radius 1 is 1.11 bits per heavy atom. The third-order valence-electron chi connectivity index (χ3n) is 5.93. The number of aryl methyl sites for hydroxylation is 2. The molecule has 5 heterocycles. The predicted octanol–water partition coefficient (Wildman–Crippen LogP) is 3.38. The van der Waals surface area contributed by atoms with Crippen LogP contribution < -0.4 is 14.8 Å². The Bertz CT molecular complexity index is 1330. The first-order valence-corrected chi connectivity index (χ1v) is 12.1. The molecule has 0 spiro atoms. The number of aromatic nitrogens is 7. The topological polar surface area (TPSA) is 108 Å². The first-order valence-electron chi connectivity index (χ1n) is 12.1. The largest absolute Gasteiger partial charge is 0.490 e. The Kier molecular flexibility index (Phi) is 6.81. The van der Waals surface area contributed by atoms with Crippen molar-refractivity contribution in [2.75, 3.05) is 32.6 Å². The minimum absolute atomic E-state index is 0.0946. The van der Waals surface area contributed by atoms with Crippen LogP contribution in [-0.4, -0.2) is 72.8 Å². The molecular weight excluding hydrogens is 458 g/mol. The number of rotatable bonds is 5. The SMILES string of the molecule is C[C@H]1CCOc2c(cnn2C)-c2nccc(n2)Nc2cc(c(-c3cnn(CCCN(C)C)c3)cn2)O1. The quantitative estimate of drug-likeness (QED) is 0.451. The molecule has 5 rings (SSSR count). The van der Waals surface area contributed by atoms with Crippen molar-refractivity contribution in [3.63, 3.8) is 0 Å². The third-order valence-corrected chi connectivity index (χ3v) is 5.93. The Morgan fingerprint density at radius 3 is 2.86 bits per heavy atom. The predicted molar refractivity (Wildman–Crippen MR) is 136 cm³/mol. The van der Waals surface area contributed by atoms with Gasteiger partial charge in [-0.1, -0.05) is 0 Å². The molecule has 0 fully saturated rings. The summed E-state index contributed by atoms with van der Waals surface area (Å²) in [5.41, 5.74) is 2.58. The number of pyridine rings is 1. The zero-order valence-corrected chi connectivity index (χ0v) is 21.0. The van der Waals surface area contributed by atoms with Gasteiger partial charge in [0.15, 0.2) is 5.82 Å². The van der Waals surface area contributed by atoms with Crippen molar-refractivity contribution in [3.8, 4) is 34.1 Å². The standard InChI is InChI=1S/C25H31N9O2/c1-17-7-11-35-25-20(15-28-33(25)4)24-26-8-6-22(31-24)30-23-12-21(36-17)19(14-27-23)18-13-29-34(16-18)10-5-9-32(2)3/h6,8,12-17H,5,7,9-11H2,1-4H3,(H,26,27,30,31)/t17-/m0/s1. The van der Waals surface area contributed by atoms with E-state index < -0.39 is 0 Å². The molecule has 11 nitrogen and oxygen atoms in total. The van der Waals surface area contributed by atoms with Crippen LogP contribution in [0.25, 0.3) is 22.5 Å². The third kappa shape index (κ3) is 5.30. The molecule has 0 unspecified atom stereocenters.